The maximum atomic E-state index is 10.0. The first-order valence-electron chi connectivity index (χ1n) is 34.7. The van der Waals surface area contributed by atoms with Crippen LogP contribution in [0.3, 0.4) is 0 Å². The molecule has 0 unspecified atom stereocenters. The minimum Gasteiger partial charge on any atom is -0.512 e. The molecule has 0 aliphatic carbocycles. The molecule has 0 spiro atoms. The number of para-hydroxylation sites is 6. The first-order valence-corrected chi connectivity index (χ1v) is 38.0. The van der Waals surface area contributed by atoms with Gasteiger partial charge in [-0.05, 0) is 116 Å². The van der Waals surface area contributed by atoms with Crippen LogP contribution in [0, 0.1) is 30.3 Å². The van der Waals surface area contributed by atoms with Gasteiger partial charge in [0.2, 0.25) is 0 Å². The van der Waals surface area contributed by atoms with Crippen LogP contribution in [0.15, 0.2) is 323 Å². The number of pyridine rings is 1. The Balaban J connectivity index is 0.000000344. The summed E-state index contributed by atoms with van der Waals surface area (Å²) in [5, 5.41) is 51.3. The number of aliphatic hydroxyl groups excluding tert-OH is 4. The molecule has 0 atom stereocenters. The van der Waals surface area contributed by atoms with Crippen LogP contribution >= 0.6 is 45.3 Å². The van der Waals surface area contributed by atoms with Crippen molar-refractivity contribution < 1.29 is 154 Å². The van der Waals surface area contributed by atoms with E-state index in [1.165, 1.54) is 105 Å². The molecule has 5 N–H and O–H groups in total. The number of carbonyl (C=O) groups is 4. The van der Waals surface area contributed by atoms with Gasteiger partial charge in [0.25, 0.3) is 0 Å². The van der Waals surface area contributed by atoms with Crippen molar-refractivity contribution in [3.05, 3.63) is 344 Å². The van der Waals surface area contributed by atoms with Crippen LogP contribution in [0.4, 0.5) is 0 Å². The summed E-state index contributed by atoms with van der Waals surface area (Å²) < 4.78 is 14.4. The predicted octanol–water partition coefficient (Wildman–Crippen LogP) is 24.0. The van der Waals surface area contributed by atoms with E-state index in [1.807, 2.05) is 175 Å². The van der Waals surface area contributed by atoms with E-state index in [1.54, 1.807) is 76.1 Å². The van der Waals surface area contributed by atoms with E-state index in [0.29, 0.717) is 17.3 Å². The molecule has 0 bridgehead atoms. The van der Waals surface area contributed by atoms with Gasteiger partial charge in [-0.2, -0.15) is 46.1 Å². The first kappa shape index (κ1) is 102. The Labute approximate surface area is 767 Å². The number of fused-ring (bicyclic) bond motifs is 6. The Morgan fingerprint density at radius 3 is 1.25 bits per heavy atom. The number of nitrogens with zero attached hydrogens (tertiary/aromatic N) is 6. The molecule has 26 heteroatoms. The number of thiazole rings is 3. The summed E-state index contributed by atoms with van der Waals surface area (Å²) >= 11 is 6.84. The van der Waals surface area contributed by atoms with E-state index in [4.69, 9.17) is 34.2 Å². The minimum atomic E-state index is -0.125. The number of allylic oxidation sites excluding steroid dienone is 8. The molecule has 0 fully saturated rings. The SMILES string of the molecule is CC(=O)C=C(C)O.CC(=O)C=C(C)O.CC(=O)C=C(C)O.CC(=O)C=C(C)O.Oc1cccc2cccnc12.[Ir].[Ir].[Ir].[Ir].[Ir].[c-]1ccc2ccccc2c1-c1nc2ccccc2s1.[c-]1ccccc1-c1nc2ccccc2o1.[c-]1ccccc1-c1nc2ccccc2s1.[c-]1ccccc1-c1ncco1.[c-]1ccsc1-c1nc2ccccc2s1. The third-order valence-electron chi connectivity index (χ3n) is 14.3. The Kier molecular flexibility index (Phi) is 47.3. The van der Waals surface area contributed by atoms with Crippen molar-refractivity contribution in [2.24, 2.45) is 0 Å². The summed E-state index contributed by atoms with van der Waals surface area (Å²) in [6, 6.07) is 94.9. The molecule has 0 saturated carbocycles. The van der Waals surface area contributed by atoms with Crippen LogP contribution in [0.1, 0.15) is 55.4 Å². The molecule has 17 rings (SSSR count). The number of aliphatic hydroxyl groups is 4. The van der Waals surface area contributed by atoms with Crippen molar-refractivity contribution in [3.63, 3.8) is 0 Å². The van der Waals surface area contributed by atoms with E-state index >= 15 is 0 Å². The van der Waals surface area contributed by atoms with Crippen LogP contribution in [-0.4, -0.2) is 78.6 Å². The zero-order valence-electron chi connectivity index (χ0n) is 64.4. The molecule has 118 heavy (non-hydrogen) atoms. The number of thiophene rings is 1. The zero-order valence-corrected chi connectivity index (χ0v) is 79.6. The molecule has 0 saturated heterocycles. The molecule has 615 valence electrons. The molecule has 0 aliphatic rings. The van der Waals surface area contributed by atoms with E-state index in [-0.39, 0.29) is 152 Å². The summed E-state index contributed by atoms with van der Waals surface area (Å²) in [6.45, 7) is 11.4. The van der Waals surface area contributed by atoms with Crippen LogP contribution in [0.25, 0.3) is 117 Å². The molecule has 0 aliphatic heterocycles. The average molecular weight is 2530 g/mol. The number of phenols is 1. The number of phenolic OH excluding ortho intramolecular Hbond substituents is 1. The summed E-state index contributed by atoms with van der Waals surface area (Å²) in [5.41, 5.74) is 9.49. The maximum Gasteiger partial charge on any atom is 0.155 e. The van der Waals surface area contributed by atoms with Crippen LogP contribution in [0.5, 0.6) is 5.75 Å². The predicted molar refractivity (Wildman–Crippen MR) is 458 cm³/mol. The quantitative estimate of drug-likeness (QED) is 0.0510. The van der Waals surface area contributed by atoms with Crippen molar-refractivity contribution in [3.8, 4) is 59.7 Å². The molecule has 7 aromatic heterocycles. The van der Waals surface area contributed by atoms with Gasteiger partial charge in [0.15, 0.2) is 23.1 Å². The molecular weight excluding hydrogens is 2450 g/mol. The summed E-state index contributed by atoms with van der Waals surface area (Å²) in [6.07, 6.45) is 9.51. The van der Waals surface area contributed by atoms with E-state index in [9.17, 15) is 24.3 Å². The van der Waals surface area contributed by atoms with Gasteiger partial charge in [0.05, 0.1) is 57.6 Å². The smallest absolute Gasteiger partial charge is 0.155 e. The maximum absolute atomic E-state index is 10.0. The molecular formula is C92H77Ir5N6O11S4-5. The number of rotatable bonds is 9. The minimum absolute atomic E-state index is 0. The molecule has 0 amide bonds. The van der Waals surface area contributed by atoms with Crippen molar-refractivity contribution in [1.82, 2.24) is 29.9 Å². The van der Waals surface area contributed by atoms with Crippen molar-refractivity contribution in [1.29, 1.82) is 0 Å². The molecule has 17 aromatic rings. The summed E-state index contributed by atoms with van der Waals surface area (Å²) in [4.78, 5) is 67.4. The third-order valence-corrected chi connectivity index (χ3v) is 18.4. The van der Waals surface area contributed by atoms with Crippen molar-refractivity contribution in [2.45, 2.75) is 55.4 Å². The number of hydrogen-bond acceptors (Lipinski definition) is 21. The monoisotopic (exact) mass is 2530 g/mol. The van der Waals surface area contributed by atoms with E-state index in [2.05, 4.69) is 116 Å². The van der Waals surface area contributed by atoms with Gasteiger partial charge in [0.1, 0.15) is 28.6 Å². The van der Waals surface area contributed by atoms with Gasteiger partial charge in [0, 0.05) is 166 Å². The Morgan fingerprint density at radius 1 is 0.373 bits per heavy atom. The summed E-state index contributed by atoms with van der Waals surface area (Å²) in [7, 11) is 0. The van der Waals surface area contributed by atoms with Gasteiger partial charge < -0.3 is 34.4 Å². The molecule has 17 nitrogen and oxygen atoms in total. The number of oxazole rings is 2. The van der Waals surface area contributed by atoms with E-state index < -0.39 is 0 Å². The Morgan fingerprint density at radius 2 is 0.805 bits per heavy atom. The number of ketones is 4. The van der Waals surface area contributed by atoms with Crippen molar-refractivity contribution >= 4 is 132 Å². The van der Waals surface area contributed by atoms with E-state index in [0.717, 1.165) is 75.2 Å². The Hall–Kier alpha value is -10.2. The van der Waals surface area contributed by atoms with Gasteiger partial charge in [-0.1, -0.05) is 112 Å². The fourth-order valence-electron chi connectivity index (χ4n) is 9.82. The van der Waals surface area contributed by atoms with Gasteiger partial charge in [-0.15, -0.1) is 131 Å². The largest absolute Gasteiger partial charge is 0.512 e. The number of carbonyl (C=O) groups excluding carboxylic acids is 4. The molecule has 5 radical (unpaired) electrons. The number of benzene rings is 10. The Bertz CT molecular complexity index is 5620. The normalized spacial score (nSPS) is 10.4. The third kappa shape index (κ3) is 35.2. The van der Waals surface area contributed by atoms with Crippen LogP contribution in [-0.2, 0) is 120 Å². The van der Waals surface area contributed by atoms with Crippen LogP contribution < -0.4 is 0 Å². The molecule has 10 aromatic carbocycles. The van der Waals surface area contributed by atoms with Gasteiger partial charge >= 0.3 is 0 Å². The standard InChI is InChI=1S/C17H10NS.C13H8NO.C13H8NS.C11H6NS2.C9H7NO.C9H6NO.4C5H8O2.5Ir/c1-2-8-13-12(6-1)7-5-9-14(13)17-18-15-10-3-4-11-16(15)19-17;2*1-2-6-10(7-3-1)13-14-11-8-4-5-9-12(11)15-13;1-2-5-9-8(4-1)12-11(14-9)10-6-3-7-13-10;11-8-5-1-3-7-4-2-6-10-9(7)8;1-2-4-8(5-3-1)9-10-6-7-11-9;4*1-4(6)3-5(2)7;;;;;/h1-8,10-11H;2*1-6,8-9H;1-5,7H;1-6,11H;1-4,6-7H;4*3,6H,1-2H3;;;;;/q4*-1;;-1;;;;;;;;;. The van der Waals surface area contributed by atoms with Crippen LogP contribution in [0.2, 0.25) is 0 Å². The second-order valence-corrected chi connectivity index (χ2v) is 27.9. The second kappa shape index (κ2) is 54.7. The number of aromatic hydroxyl groups is 1. The fraction of sp³-hybridized carbons (Fsp3) is 0.0870. The summed E-state index contributed by atoms with van der Waals surface area (Å²) in [5.74, 6) is 1.23. The molecule has 7 heterocycles. The second-order valence-electron chi connectivity index (χ2n) is 23.9. The first-order chi connectivity index (χ1) is 54.6. The number of aromatic nitrogens is 6. The van der Waals surface area contributed by atoms with Gasteiger partial charge in [-0.3, -0.25) is 49.1 Å². The van der Waals surface area contributed by atoms with Gasteiger partial charge in [-0.25, -0.2) is 11.3 Å². The number of hydrogen-bond donors (Lipinski definition) is 5. The topological polar surface area (TPSA) is 273 Å². The zero-order chi connectivity index (χ0) is 80.9. The average Bonchev–Trinajstić information content (AvgIpc) is 1.61. The van der Waals surface area contributed by atoms with Crippen molar-refractivity contribution in [2.75, 3.05) is 0 Å². The fourth-order valence-corrected chi connectivity index (χ4v) is 13.5.